The molecule has 3 nitrogen and oxygen atoms in total. The summed E-state index contributed by atoms with van der Waals surface area (Å²) in [5, 5.41) is 22.8. The van der Waals surface area contributed by atoms with Crippen LogP contribution in [0.3, 0.4) is 0 Å². The van der Waals surface area contributed by atoms with Gasteiger partial charge in [0.25, 0.3) is 0 Å². The van der Waals surface area contributed by atoms with Crippen LogP contribution in [0.5, 0.6) is 0 Å². The van der Waals surface area contributed by atoms with E-state index in [0.717, 1.165) is 17.7 Å². The lowest BCUT2D eigenvalue weighted by Gasteiger charge is -2.29. The Morgan fingerprint density at radius 2 is 1.89 bits per heavy atom. The number of aliphatic hydroxyl groups excluding tert-OH is 2. The molecule has 0 heterocycles. The highest BCUT2D eigenvalue weighted by Crippen LogP contribution is 2.25. The average molecular weight is 265 g/mol. The summed E-state index contributed by atoms with van der Waals surface area (Å²) in [4.78, 5) is 0. The summed E-state index contributed by atoms with van der Waals surface area (Å²) in [6.45, 7) is 9.20. The van der Waals surface area contributed by atoms with Crippen LogP contribution in [-0.2, 0) is 0 Å². The molecule has 0 spiro atoms. The van der Waals surface area contributed by atoms with Crippen LogP contribution in [0.15, 0.2) is 18.2 Å². The second-order valence-corrected chi connectivity index (χ2v) is 5.61. The highest BCUT2D eigenvalue weighted by Gasteiger charge is 2.24. The van der Waals surface area contributed by atoms with Crippen molar-refractivity contribution in [2.45, 2.75) is 46.3 Å². The van der Waals surface area contributed by atoms with Crippen molar-refractivity contribution in [3.8, 4) is 0 Å². The topological polar surface area (TPSA) is 52.5 Å². The first-order valence-corrected chi connectivity index (χ1v) is 7.06. The van der Waals surface area contributed by atoms with Crippen LogP contribution in [0.2, 0.25) is 0 Å². The molecule has 0 bridgehead atoms. The second kappa shape index (κ2) is 7.63. The number of rotatable bonds is 7. The Labute approximate surface area is 116 Å². The van der Waals surface area contributed by atoms with Gasteiger partial charge in [0.2, 0.25) is 0 Å². The minimum Gasteiger partial charge on any atom is -0.396 e. The van der Waals surface area contributed by atoms with Crippen LogP contribution in [0.4, 0.5) is 0 Å². The van der Waals surface area contributed by atoms with E-state index < -0.39 is 6.10 Å². The van der Waals surface area contributed by atoms with E-state index in [9.17, 15) is 5.11 Å². The van der Waals surface area contributed by atoms with E-state index in [1.165, 1.54) is 5.56 Å². The number of benzene rings is 1. The summed E-state index contributed by atoms with van der Waals surface area (Å²) >= 11 is 0. The zero-order chi connectivity index (χ0) is 14.4. The van der Waals surface area contributed by atoms with Crippen LogP contribution in [0.1, 0.15) is 43.1 Å². The molecule has 0 aromatic heterocycles. The van der Waals surface area contributed by atoms with Gasteiger partial charge >= 0.3 is 0 Å². The van der Waals surface area contributed by atoms with Gasteiger partial charge < -0.3 is 15.5 Å². The van der Waals surface area contributed by atoms with Gasteiger partial charge in [0.05, 0.1) is 6.10 Å². The first-order chi connectivity index (χ1) is 8.97. The van der Waals surface area contributed by atoms with Crippen molar-refractivity contribution in [1.82, 2.24) is 5.32 Å². The maximum atomic E-state index is 10.6. The molecule has 0 amide bonds. The summed E-state index contributed by atoms with van der Waals surface area (Å²) in [6.07, 6.45) is 0.197. The van der Waals surface area contributed by atoms with Crippen molar-refractivity contribution in [1.29, 1.82) is 0 Å². The Morgan fingerprint density at radius 1 is 1.21 bits per heavy atom. The van der Waals surface area contributed by atoms with Gasteiger partial charge in [-0.25, -0.2) is 0 Å². The number of aryl methyl sites for hydroxylation is 2. The molecule has 108 valence electrons. The Kier molecular flexibility index (Phi) is 6.49. The van der Waals surface area contributed by atoms with Crippen LogP contribution in [0.25, 0.3) is 0 Å². The number of nitrogens with one attached hydrogen (secondary N) is 1. The SMILES string of the molecule is Cc1ccc(C(O)C(NCCCO)C(C)C)c(C)c1. The van der Waals surface area contributed by atoms with Crippen molar-refractivity contribution in [3.63, 3.8) is 0 Å². The van der Waals surface area contributed by atoms with Crippen molar-refractivity contribution < 1.29 is 10.2 Å². The third kappa shape index (κ3) is 4.60. The highest BCUT2D eigenvalue weighted by molar-refractivity contribution is 5.32. The molecule has 0 fully saturated rings. The molecule has 1 rings (SSSR count). The monoisotopic (exact) mass is 265 g/mol. The second-order valence-electron chi connectivity index (χ2n) is 5.61. The molecule has 3 heteroatoms. The van der Waals surface area contributed by atoms with Crippen LogP contribution >= 0.6 is 0 Å². The molecule has 1 aromatic rings. The molecule has 0 saturated carbocycles. The Balaban J connectivity index is 2.83. The van der Waals surface area contributed by atoms with Gasteiger partial charge in [0.15, 0.2) is 0 Å². The smallest absolute Gasteiger partial charge is 0.0948 e. The Morgan fingerprint density at radius 3 is 2.42 bits per heavy atom. The van der Waals surface area contributed by atoms with Gasteiger partial charge in [-0.05, 0) is 43.9 Å². The van der Waals surface area contributed by atoms with Crippen molar-refractivity contribution >= 4 is 0 Å². The fraction of sp³-hybridized carbons (Fsp3) is 0.625. The van der Waals surface area contributed by atoms with E-state index in [2.05, 4.69) is 32.2 Å². The summed E-state index contributed by atoms with van der Waals surface area (Å²) in [5.74, 6) is 0.328. The lowest BCUT2D eigenvalue weighted by molar-refractivity contribution is 0.103. The van der Waals surface area contributed by atoms with E-state index in [1.54, 1.807) is 0 Å². The first-order valence-electron chi connectivity index (χ1n) is 7.06. The van der Waals surface area contributed by atoms with Gasteiger partial charge in [0, 0.05) is 12.6 Å². The molecule has 0 aliphatic carbocycles. The fourth-order valence-electron chi connectivity index (χ4n) is 2.41. The maximum Gasteiger partial charge on any atom is 0.0948 e. The van der Waals surface area contributed by atoms with Gasteiger partial charge in [-0.1, -0.05) is 37.6 Å². The predicted octanol–water partition coefficient (Wildman–Crippen LogP) is 2.33. The minimum absolute atomic E-state index is 0.00737. The number of hydrogen-bond donors (Lipinski definition) is 3. The van der Waals surface area contributed by atoms with E-state index in [1.807, 2.05) is 19.1 Å². The van der Waals surface area contributed by atoms with Crippen LogP contribution in [-0.4, -0.2) is 29.4 Å². The summed E-state index contributed by atoms with van der Waals surface area (Å²) in [6, 6.07) is 6.16. The zero-order valence-electron chi connectivity index (χ0n) is 12.5. The molecule has 0 radical (unpaired) electrons. The molecule has 0 saturated heterocycles. The summed E-state index contributed by atoms with van der Waals surface area (Å²) < 4.78 is 0. The molecule has 1 aromatic carbocycles. The van der Waals surface area contributed by atoms with Crippen LogP contribution < -0.4 is 5.32 Å². The maximum absolute atomic E-state index is 10.6. The molecule has 2 unspecified atom stereocenters. The third-order valence-electron chi connectivity index (χ3n) is 3.52. The number of aliphatic hydroxyl groups is 2. The van der Waals surface area contributed by atoms with E-state index in [0.29, 0.717) is 12.3 Å². The van der Waals surface area contributed by atoms with E-state index in [-0.39, 0.29) is 12.6 Å². The highest BCUT2D eigenvalue weighted by atomic mass is 16.3. The van der Waals surface area contributed by atoms with E-state index in [4.69, 9.17) is 5.11 Å². The standard InChI is InChI=1S/C16H27NO2/c1-11(2)15(17-8-5-9-18)16(19)14-7-6-12(3)10-13(14)4/h6-7,10-11,15-19H,5,8-9H2,1-4H3. The largest absolute Gasteiger partial charge is 0.396 e. The quantitative estimate of drug-likeness (QED) is 0.663. The Bertz CT molecular complexity index is 390. The average Bonchev–Trinajstić information content (AvgIpc) is 2.33. The third-order valence-corrected chi connectivity index (χ3v) is 3.52. The van der Waals surface area contributed by atoms with Crippen molar-refractivity contribution in [2.75, 3.05) is 13.2 Å². The molecular formula is C16H27NO2. The normalized spacial score (nSPS) is 14.7. The molecule has 2 atom stereocenters. The van der Waals surface area contributed by atoms with Crippen molar-refractivity contribution in [3.05, 3.63) is 34.9 Å². The minimum atomic E-state index is -0.515. The van der Waals surface area contributed by atoms with Gasteiger partial charge in [-0.2, -0.15) is 0 Å². The van der Waals surface area contributed by atoms with Gasteiger partial charge in [0.1, 0.15) is 0 Å². The molecule has 19 heavy (non-hydrogen) atoms. The summed E-state index contributed by atoms with van der Waals surface area (Å²) in [7, 11) is 0. The molecular weight excluding hydrogens is 238 g/mol. The zero-order valence-corrected chi connectivity index (χ0v) is 12.5. The fourth-order valence-corrected chi connectivity index (χ4v) is 2.41. The number of hydrogen-bond acceptors (Lipinski definition) is 3. The lowest BCUT2D eigenvalue weighted by atomic mass is 9.90. The summed E-state index contributed by atoms with van der Waals surface area (Å²) in [5.41, 5.74) is 3.32. The molecule has 0 aliphatic heterocycles. The van der Waals surface area contributed by atoms with Gasteiger partial charge in [-0.15, -0.1) is 0 Å². The lowest BCUT2D eigenvalue weighted by Crippen LogP contribution is -2.40. The van der Waals surface area contributed by atoms with E-state index >= 15 is 0 Å². The molecule has 3 N–H and O–H groups in total. The van der Waals surface area contributed by atoms with Gasteiger partial charge in [-0.3, -0.25) is 0 Å². The molecule has 0 aliphatic rings. The first kappa shape index (κ1) is 16.2. The van der Waals surface area contributed by atoms with Crippen molar-refractivity contribution in [2.24, 2.45) is 5.92 Å². The van der Waals surface area contributed by atoms with Crippen LogP contribution in [0, 0.1) is 19.8 Å². The predicted molar refractivity (Wildman–Crippen MR) is 79.2 cm³/mol. The Hall–Kier alpha value is -0.900.